The van der Waals surface area contributed by atoms with Crippen molar-refractivity contribution in [2.45, 2.75) is 13.0 Å². The number of aliphatic hydroxyl groups excluding tert-OH is 1. The zero-order chi connectivity index (χ0) is 15.2. The molecule has 0 saturated heterocycles. The number of hydrogen-bond donors (Lipinski definition) is 3. The molecule has 1 amide bonds. The number of benzene rings is 1. The van der Waals surface area contributed by atoms with Crippen molar-refractivity contribution < 1.29 is 14.3 Å². The number of carbonyl (C=O) groups is 1. The van der Waals surface area contributed by atoms with Crippen LogP contribution in [0.3, 0.4) is 0 Å². The van der Waals surface area contributed by atoms with Crippen LogP contribution in [0.2, 0.25) is 0 Å². The number of aromatic nitrogens is 1. The van der Waals surface area contributed by atoms with Gasteiger partial charge in [-0.25, -0.2) is 9.37 Å². The number of anilines is 2. The van der Waals surface area contributed by atoms with Gasteiger partial charge < -0.3 is 15.7 Å². The molecule has 2 rings (SSSR count). The summed E-state index contributed by atoms with van der Waals surface area (Å²) >= 11 is 0. The highest BCUT2D eigenvalue weighted by molar-refractivity contribution is 5.99. The van der Waals surface area contributed by atoms with Crippen LogP contribution >= 0.6 is 0 Å². The van der Waals surface area contributed by atoms with Crippen molar-refractivity contribution in [2.75, 3.05) is 11.9 Å². The molecule has 6 heteroatoms. The molecule has 2 aromatic rings. The number of rotatable bonds is 5. The predicted molar refractivity (Wildman–Crippen MR) is 77.9 cm³/mol. The molecule has 0 spiro atoms. The molecular weight excluding hydrogens is 273 g/mol. The summed E-state index contributed by atoms with van der Waals surface area (Å²) in [5, 5.41) is 14.7. The van der Waals surface area contributed by atoms with Gasteiger partial charge in [0.2, 0.25) is 0 Å². The van der Waals surface area contributed by atoms with Crippen LogP contribution < -0.4 is 10.6 Å². The van der Waals surface area contributed by atoms with E-state index >= 15 is 0 Å². The quantitative estimate of drug-likeness (QED) is 0.788. The van der Waals surface area contributed by atoms with Crippen LogP contribution in [0, 0.1) is 5.82 Å². The van der Waals surface area contributed by atoms with Crippen LogP contribution in [0.5, 0.6) is 0 Å². The number of carbonyl (C=O) groups excluding carboxylic acids is 1. The Balaban J connectivity index is 2.18. The molecule has 1 unspecified atom stereocenters. The van der Waals surface area contributed by atoms with Gasteiger partial charge in [-0.3, -0.25) is 4.79 Å². The molecule has 1 heterocycles. The summed E-state index contributed by atoms with van der Waals surface area (Å²) < 4.78 is 13.2. The summed E-state index contributed by atoms with van der Waals surface area (Å²) in [5.74, 6) is -0.412. The van der Waals surface area contributed by atoms with E-state index in [2.05, 4.69) is 15.6 Å². The van der Waals surface area contributed by atoms with Crippen molar-refractivity contribution in [3.63, 3.8) is 0 Å². The first-order valence-electron chi connectivity index (χ1n) is 6.50. The Hall–Kier alpha value is -2.47. The number of pyridine rings is 1. The third-order valence-electron chi connectivity index (χ3n) is 2.70. The van der Waals surface area contributed by atoms with E-state index in [1.807, 2.05) is 0 Å². The number of halogens is 1. The molecule has 3 N–H and O–H groups in total. The third-order valence-corrected chi connectivity index (χ3v) is 2.70. The molecule has 1 aromatic carbocycles. The van der Waals surface area contributed by atoms with E-state index in [-0.39, 0.29) is 18.3 Å². The monoisotopic (exact) mass is 289 g/mol. The molecule has 0 radical (unpaired) electrons. The van der Waals surface area contributed by atoms with Crippen molar-refractivity contribution in [3.05, 3.63) is 54.0 Å². The number of amides is 1. The standard InChI is InChI=1S/C15H16FN3O2/c1-10(20)9-18-15(21)13-6-3-7-17-14(13)19-12-5-2-4-11(16)8-12/h2-8,10,20H,9H2,1H3,(H,17,19)(H,18,21). The third kappa shape index (κ3) is 4.25. The van der Waals surface area contributed by atoms with Crippen molar-refractivity contribution in [1.82, 2.24) is 10.3 Å². The maximum Gasteiger partial charge on any atom is 0.255 e. The molecule has 110 valence electrons. The molecule has 0 bridgehead atoms. The molecule has 1 aromatic heterocycles. The van der Waals surface area contributed by atoms with Gasteiger partial charge in [-0.15, -0.1) is 0 Å². The Morgan fingerprint density at radius 1 is 1.38 bits per heavy atom. The van der Waals surface area contributed by atoms with E-state index < -0.39 is 6.10 Å². The van der Waals surface area contributed by atoms with E-state index in [9.17, 15) is 14.3 Å². The van der Waals surface area contributed by atoms with Gasteiger partial charge in [-0.2, -0.15) is 0 Å². The SMILES string of the molecule is CC(O)CNC(=O)c1cccnc1Nc1cccc(F)c1. The second-order valence-corrected chi connectivity index (χ2v) is 4.59. The Kier molecular flexibility index (Phi) is 4.84. The number of hydrogen-bond acceptors (Lipinski definition) is 4. The van der Waals surface area contributed by atoms with Crippen molar-refractivity contribution in [2.24, 2.45) is 0 Å². The van der Waals surface area contributed by atoms with E-state index in [1.54, 1.807) is 31.2 Å². The molecule has 0 aliphatic rings. The Labute approximate surface area is 121 Å². The molecule has 0 aliphatic carbocycles. The lowest BCUT2D eigenvalue weighted by Gasteiger charge is -2.12. The van der Waals surface area contributed by atoms with Crippen LogP contribution in [0.25, 0.3) is 0 Å². The van der Waals surface area contributed by atoms with Crippen molar-refractivity contribution in [3.8, 4) is 0 Å². The fourth-order valence-electron chi connectivity index (χ4n) is 1.73. The highest BCUT2D eigenvalue weighted by atomic mass is 19.1. The largest absolute Gasteiger partial charge is 0.392 e. The summed E-state index contributed by atoms with van der Waals surface area (Å²) in [5.41, 5.74) is 0.820. The van der Waals surface area contributed by atoms with E-state index in [1.165, 1.54) is 18.3 Å². The number of nitrogens with zero attached hydrogens (tertiary/aromatic N) is 1. The molecule has 0 fully saturated rings. The average Bonchev–Trinajstić information content (AvgIpc) is 2.45. The summed E-state index contributed by atoms with van der Waals surface area (Å²) in [4.78, 5) is 16.1. The normalized spacial score (nSPS) is 11.8. The lowest BCUT2D eigenvalue weighted by molar-refractivity contribution is 0.0924. The molecule has 5 nitrogen and oxygen atoms in total. The van der Waals surface area contributed by atoms with Crippen LogP contribution in [-0.2, 0) is 0 Å². The summed E-state index contributed by atoms with van der Waals surface area (Å²) in [7, 11) is 0. The summed E-state index contributed by atoms with van der Waals surface area (Å²) in [6.45, 7) is 1.72. The van der Waals surface area contributed by atoms with E-state index in [0.29, 0.717) is 17.1 Å². The number of nitrogens with one attached hydrogen (secondary N) is 2. The zero-order valence-corrected chi connectivity index (χ0v) is 11.5. The highest BCUT2D eigenvalue weighted by Crippen LogP contribution is 2.19. The number of aliphatic hydroxyl groups is 1. The van der Waals surface area contributed by atoms with E-state index in [0.717, 1.165) is 0 Å². The minimum absolute atomic E-state index is 0.146. The van der Waals surface area contributed by atoms with Gasteiger partial charge in [-0.1, -0.05) is 6.07 Å². The Bertz CT molecular complexity index is 632. The van der Waals surface area contributed by atoms with Crippen LogP contribution in [0.15, 0.2) is 42.6 Å². The second kappa shape index (κ2) is 6.81. The lowest BCUT2D eigenvalue weighted by atomic mass is 10.2. The first kappa shape index (κ1) is 14.9. The van der Waals surface area contributed by atoms with Crippen LogP contribution in [-0.4, -0.2) is 28.6 Å². The molecule has 21 heavy (non-hydrogen) atoms. The van der Waals surface area contributed by atoms with Crippen molar-refractivity contribution >= 4 is 17.4 Å². The van der Waals surface area contributed by atoms with Gasteiger partial charge in [0.1, 0.15) is 11.6 Å². The predicted octanol–water partition coefficient (Wildman–Crippen LogP) is 2.07. The topological polar surface area (TPSA) is 74.2 Å². The van der Waals surface area contributed by atoms with Gasteiger partial charge in [0.25, 0.3) is 5.91 Å². The minimum Gasteiger partial charge on any atom is -0.392 e. The molecule has 1 atom stereocenters. The van der Waals surface area contributed by atoms with Crippen LogP contribution in [0.4, 0.5) is 15.9 Å². The fraction of sp³-hybridized carbons (Fsp3) is 0.200. The smallest absolute Gasteiger partial charge is 0.255 e. The zero-order valence-electron chi connectivity index (χ0n) is 11.5. The highest BCUT2D eigenvalue weighted by Gasteiger charge is 2.12. The lowest BCUT2D eigenvalue weighted by Crippen LogP contribution is -2.31. The second-order valence-electron chi connectivity index (χ2n) is 4.59. The van der Waals surface area contributed by atoms with Crippen LogP contribution in [0.1, 0.15) is 17.3 Å². The fourth-order valence-corrected chi connectivity index (χ4v) is 1.73. The first-order chi connectivity index (χ1) is 10.1. The Morgan fingerprint density at radius 3 is 2.90 bits per heavy atom. The van der Waals surface area contributed by atoms with Gasteiger partial charge in [-0.05, 0) is 37.3 Å². The van der Waals surface area contributed by atoms with E-state index in [4.69, 9.17) is 0 Å². The van der Waals surface area contributed by atoms with Gasteiger partial charge >= 0.3 is 0 Å². The van der Waals surface area contributed by atoms with Gasteiger partial charge in [0.05, 0.1) is 11.7 Å². The summed E-state index contributed by atoms with van der Waals surface area (Å²) in [6.07, 6.45) is 0.901. The maximum atomic E-state index is 13.2. The first-order valence-corrected chi connectivity index (χ1v) is 6.50. The molecular formula is C15H16FN3O2. The minimum atomic E-state index is -0.634. The van der Waals surface area contributed by atoms with Gasteiger partial charge in [0, 0.05) is 18.4 Å². The molecule has 0 aliphatic heterocycles. The van der Waals surface area contributed by atoms with Crippen molar-refractivity contribution in [1.29, 1.82) is 0 Å². The average molecular weight is 289 g/mol. The summed E-state index contributed by atoms with van der Waals surface area (Å²) in [6, 6.07) is 9.12. The molecule has 0 saturated carbocycles. The van der Waals surface area contributed by atoms with Gasteiger partial charge in [0.15, 0.2) is 0 Å². The maximum absolute atomic E-state index is 13.2. The Morgan fingerprint density at radius 2 is 2.19 bits per heavy atom.